The van der Waals surface area contributed by atoms with Crippen LogP contribution in [0.1, 0.15) is 55.9 Å². The maximum atomic E-state index is 13.3. The van der Waals surface area contributed by atoms with Crippen LogP contribution in [0.25, 0.3) is 0 Å². The largest absolute Gasteiger partial charge is 0.508 e. The zero-order chi connectivity index (χ0) is 41.5. The molecule has 1 saturated heterocycles. The molecule has 2 N–H and O–H groups in total. The third-order valence-corrected chi connectivity index (χ3v) is 9.10. The van der Waals surface area contributed by atoms with Crippen LogP contribution in [0.3, 0.4) is 0 Å². The molecule has 17 nitrogen and oxygen atoms in total. The Morgan fingerprint density at radius 1 is 0.554 bits per heavy atom. The van der Waals surface area contributed by atoms with E-state index in [0.717, 1.165) is 18.1 Å². The number of aliphatic hydroxyl groups excluding tert-OH is 2. The van der Waals surface area contributed by atoms with Crippen LogP contribution in [0, 0.1) is 16.2 Å². The molecule has 306 valence electrons. The fourth-order valence-corrected chi connectivity index (χ4v) is 4.76. The van der Waals surface area contributed by atoms with Crippen molar-refractivity contribution in [3.05, 3.63) is 70.8 Å². The molecule has 2 aromatic rings. The number of hydrogen-bond acceptors (Lipinski definition) is 16. The molecule has 1 fully saturated rings. The number of hydrogen-bond donors (Lipinski definition) is 2. The molecule has 2 unspecified atom stereocenters. The van der Waals surface area contributed by atoms with Crippen molar-refractivity contribution < 1.29 is 77.0 Å². The molecule has 1 aliphatic heterocycles. The number of carbonyl (C=O) groups excluding carboxylic acids is 7. The van der Waals surface area contributed by atoms with Crippen molar-refractivity contribution >= 4 is 65.2 Å². The lowest BCUT2D eigenvalue weighted by atomic mass is 9.93. The number of nitrogens with zero attached hydrogens (tertiary/aromatic N) is 1. The zero-order valence-corrected chi connectivity index (χ0v) is 32.4. The number of halogens is 2. The Bertz CT molecular complexity index is 1610. The molecule has 1 heterocycles. The number of carbonyl (C=O) groups is 7. The summed E-state index contributed by atoms with van der Waals surface area (Å²) in [6.07, 6.45) is -3.33. The molecule has 1 aliphatic rings. The van der Waals surface area contributed by atoms with Gasteiger partial charge in [-0.15, -0.1) is 28.3 Å². The third-order valence-electron chi connectivity index (χ3n) is 8.49. The smallest absolute Gasteiger partial charge is 0.460 e. The number of imide groups is 1. The Labute approximate surface area is 331 Å². The van der Waals surface area contributed by atoms with Crippen molar-refractivity contribution in [1.82, 2.24) is 5.06 Å². The van der Waals surface area contributed by atoms with Crippen molar-refractivity contribution in [2.75, 3.05) is 39.6 Å². The molecule has 0 spiro atoms. The molecule has 2 atom stereocenters. The number of esters is 2. The first kappa shape index (κ1) is 45.4. The second-order valence-corrected chi connectivity index (χ2v) is 14.2. The Hall–Kier alpha value is -4.97. The molecule has 0 aliphatic carbocycles. The molecule has 0 bridgehead atoms. The van der Waals surface area contributed by atoms with Crippen LogP contribution in [0.15, 0.2) is 48.5 Å². The standard InChI is InChI=1S/C37H43Cl2NO16/c1-35(18-41,30(45)50-16-26-8-4-24(14-38)5-9-26)20-52-33(48)54-22-37(3,32(47)56-40-28(43)12-13-29(40)44)23-55-34(49)53-21-36(2,19-42)31(46)51-17-27-10-6-25(15-39)7-11-27/h4-11,41-42H,12-23H2,1-3H3. The summed E-state index contributed by atoms with van der Waals surface area (Å²) in [5, 5.41) is 20.1. The topological polar surface area (TPSA) is 228 Å². The Kier molecular flexibility index (Phi) is 16.9. The van der Waals surface area contributed by atoms with Gasteiger partial charge in [-0.3, -0.25) is 19.2 Å². The van der Waals surface area contributed by atoms with E-state index in [9.17, 15) is 43.8 Å². The number of hydroxylamine groups is 2. The highest BCUT2D eigenvalue weighted by Gasteiger charge is 2.44. The van der Waals surface area contributed by atoms with Crippen molar-refractivity contribution in [2.24, 2.45) is 16.2 Å². The maximum Gasteiger partial charge on any atom is 0.508 e. The van der Waals surface area contributed by atoms with E-state index >= 15 is 0 Å². The average Bonchev–Trinajstić information content (AvgIpc) is 3.53. The summed E-state index contributed by atoms with van der Waals surface area (Å²) in [6.45, 7) is -1.56. The van der Waals surface area contributed by atoms with Crippen molar-refractivity contribution in [3.63, 3.8) is 0 Å². The summed E-state index contributed by atoms with van der Waals surface area (Å²) in [5.41, 5.74) is -2.61. The third kappa shape index (κ3) is 12.8. The lowest BCUT2D eigenvalue weighted by Crippen LogP contribution is -2.45. The number of amides is 2. The SMILES string of the molecule is CC(CO)(COC(=O)OCC(C)(COC(=O)OCC(C)(CO)C(=O)OCc1ccc(CCl)cc1)C(=O)ON1C(=O)CCC1=O)C(=O)OCc1ccc(CCl)cc1. The molecule has 56 heavy (non-hydrogen) atoms. The van der Waals surface area contributed by atoms with Gasteiger partial charge >= 0.3 is 30.2 Å². The van der Waals surface area contributed by atoms with Gasteiger partial charge in [-0.05, 0) is 43.0 Å². The van der Waals surface area contributed by atoms with Crippen LogP contribution >= 0.6 is 23.2 Å². The van der Waals surface area contributed by atoms with Gasteiger partial charge in [-0.1, -0.05) is 48.5 Å². The number of benzene rings is 2. The Morgan fingerprint density at radius 2 is 0.875 bits per heavy atom. The summed E-state index contributed by atoms with van der Waals surface area (Å²) in [4.78, 5) is 93.3. The van der Waals surface area contributed by atoms with E-state index in [1.54, 1.807) is 48.5 Å². The number of alkyl halides is 2. The minimum absolute atomic E-state index is 0.152. The highest BCUT2D eigenvalue weighted by molar-refractivity contribution is 6.17. The van der Waals surface area contributed by atoms with Crippen molar-refractivity contribution in [1.29, 1.82) is 0 Å². The molecule has 0 aromatic heterocycles. The van der Waals surface area contributed by atoms with E-state index in [0.29, 0.717) is 22.9 Å². The second kappa shape index (κ2) is 20.8. The first-order valence-corrected chi connectivity index (χ1v) is 18.1. The predicted octanol–water partition coefficient (Wildman–Crippen LogP) is 3.87. The molecule has 0 saturated carbocycles. The lowest BCUT2D eigenvalue weighted by Gasteiger charge is -2.28. The van der Waals surface area contributed by atoms with Gasteiger partial charge in [0.25, 0.3) is 11.8 Å². The predicted molar refractivity (Wildman–Crippen MR) is 192 cm³/mol. The number of ether oxygens (including phenoxy) is 6. The maximum absolute atomic E-state index is 13.3. The van der Waals surface area contributed by atoms with Gasteiger partial charge in [0.1, 0.15) is 55.9 Å². The summed E-state index contributed by atoms with van der Waals surface area (Å²) in [5.74, 6) is -4.20. The molecule has 2 aromatic carbocycles. The van der Waals surface area contributed by atoms with E-state index in [4.69, 9.17) is 56.5 Å². The van der Waals surface area contributed by atoms with E-state index in [1.807, 2.05) is 0 Å². The monoisotopic (exact) mass is 827 g/mol. The van der Waals surface area contributed by atoms with Gasteiger partial charge < -0.3 is 43.5 Å². The Balaban J connectivity index is 1.60. The fraction of sp³-hybridized carbons (Fsp3) is 0.486. The van der Waals surface area contributed by atoms with E-state index in [2.05, 4.69) is 0 Å². The number of rotatable bonds is 20. The highest BCUT2D eigenvalue weighted by Crippen LogP contribution is 2.26. The lowest BCUT2D eigenvalue weighted by molar-refractivity contribution is -0.208. The van der Waals surface area contributed by atoms with E-state index in [-0.39, 0.29) is 31.1 Å². The first-order valence-electron chi connectivity index (χ1n) is 17.0. The van der Waals surface area contributed by atoms with E-state index < -0.39 is 97.9 Å². The minimum Gasteiger partial charge on any atom is -0.460 e. The zero-order valence-electron chi connectivity index (χ0n) is 30.9. The first-order chi connectivity index (χ1) is 26.5. The van der Waals surface area contributed by atoms with Gasteiger partial charge in [0.2, 0.25) is 0 Å². The van der Waals surface area contributed by atoms with Gasteiger partial charge in [-0.25, -0.2) is 14.4 Å². The van der Waals surface area contributed by atoms with Crippen LogP contribution in [-0.4, -0.2) is 97.0 Å². The second-order valence-electron chi connectivity index (χ2n) is 13.7. The molecule has 19 heteroatoms. The quantitative estimate of drug-likeness (QED) is 0.0836. The number of aliphatic hydroxyl groups is 2. The molecule has 0 radical (unpaired) electrons. The van der Waals surface area contributed by atoms with Gasteiger partial charge in [0.05, 0.1) is 13.2 Å². The Morgan fingerprint density at radius 3 is 1.20 bits per heavy atom. The molecular weight excluding hydrogens is 785 g/mol. The van der Waals surface area contributed by atoms with Gasteiger partial charge in [0.15, 0.2) is 0 Å². The van der Waals surface area contributed by atoms with Crippen molar-refractivity contribution in [3.8, 4) is 0 Å². The van der Waals surface area contributed by atoms with Gasteiger partial charge in [0, 0.05) is 24.6 Å². The summed E-state index contributed by atoms with van der Waals surface area (Å²) in [6, 6.07) is 13.8. The van der Waals surface area contributed by atoms with Crippen LogP contribution in [0.5, 0.6) is 0 Å². The summed E-state index contributed by atoms with van der Waals surface area (Å²) in [7, 11) is 0. The molecular formula is C37H43Cl2NO16. The normalized spacial score (nSPS) is 15.7. The minimum atomic E-state index is -2.11. The van der Waals surface area contributed by atoms with Crippen molar-refractivity contribution in [2.45, 2.75) is 58.6 Å². The van der Waals surface area contributed by atoms with Crippen LogP contribution in [-0.2, 0) is 82.2 Å². The summed E-state index contributed by atoms with van der Waals surface area (Å²) < 4.78 is 30.7. The van der Waals surface area contributed by atoms with E-state index in [1.165, 1.54) is 13.8 Å². The van der Waals surface area contributed by atoms with Crippen LogP contribution in [0.2, 0.25) is 0 Å². The summed E-state index contributed by atoms with van der Waals surface area (Å²) >= 11 is 11.6. The molecule has 3 rings (SSSR count). The van der Waals surface area contributed by atoms with Crippen LogP contribution in [0.4, 0.5) is 9.59 Å². The average molecular weight is 829 g/mol. The fourth-order valence-electron chi connectivity index (χ4n) is 4.40. The molecule has 2 amide bonds. The van der Waals surface area contributed by atoms with Gasteiger partial charge in [-0.2, -0.15) is 0 Å². The van der Waals surface area contributed by atoms with Crippen LogP contribution < -0.4 is 0 Å². The highest BCUT2D eigenvalue weighted by atomic mass is 35.5.